The number of methoxy groups -OCH3 is 1. The van der Waals surface area contributed by atoms with Gasteiger partial charge < -0.3 is 14.6 Å². The van der Waals surface area contributed by atoms with E-state index < -0.39 is 0 Å². The number of fused-ring (bicyclic) bond motifs is 2. The minimum atomic E-state index is -0.139. The SMILES string of the molecule is COc1ccc(-c2cn3c(C)c(C(=O)Nc4ccccc4-c4cn5c(n4)CCCC5)sc3n2)cc1. The monoisotopic (exact) mass is 483 g/mol. The van der Waals surface area contributed by atoms with Gasteiger partial charge in [0.05, 0.1) is 24.2 Å². The fourth-order valence-corrected chi connectivity index (χ4v) is 5.60. The molecule has 0 atom stereocenters. The summed E-state index contributed by atoms with van der Waals surface area (Å²) in [7, 11) is 1.65. The standard InChI is InChI=1S/C27H25N5O2S/c1-17-25(35-27-30-22(16-32(17)27)18-10-12-19(34-2)13-11-18)26(33)29-21-8-4-3-7-20(21)23-15-31-14-6-5-9-24(31)28-23/h3-4,7-8,10-13,15-16H,5-6,9,14H2,1-2H3,(H,29,33). The Balaban J connectivity index is 1.28. The molecule has 0 bridgehead atoms. The van der Waals surface area contributed by atoms with Gasteiger partial charge in [-0.25, -0.2) is 9.97 Å². The summed E-state index contributed by atoms with van der Waals surface area (Å²) in [5.74, 6) is 1.79. The lowest BCUT2D eigenvalue weighted by atomic mass is 10.1. The van der Waals surface area contributed by atoms with Gasteiger partial charge in [-0.3, -0.25) is 9.20 Å². The molecular formula is C27H25N5O2S. The number of thiazole rings is 1. The maximum atomic E-state index is 13.3. The van der Waals surface area contributed by atoms with E-state index in [0.717, 1.165) is 63.4 Å². The molecule has 0 spiro atoms. The largest absolute Gasteiger partial charge is 0.497 e. The van der Waals surface area contributed by atoms with Gasteiger partial charge in [-0.1, -0.05) is 29.5 Å². The lowest BCUT2D eigenvalue weighted by Gasteiger charge is -2.11. The molecule has 1 amide bonds. The Labute approximate surface area is 207 Å². The molecule has 3 aromatic heterocycles. The van der Waals surface area contributed by atoms with Crippen molar-refractivity contribution in [2.75, 3.05) is 12.4 Å². The molecule has 8 heteroatoms. The van der Waals surface area contributed by atoms with Crippen LogP contribution in [0.3, 0.4) is 0 Å². The minimum Gasteiger partial charge on any atom is -0.497 e. The molecule has 0 aliphatic carbocycles. The molecule has 1 N–H and O–H groups in total. The maximum Gasteiger partial charge on any atom is 0.267 e. The quantitative estimate of drug-likeness (QED) is 0.341. The van der Waals surface area contributed by atoms with Gasteiger partial charge in [-0.05, 0) is 50.1 Å². The van der Waals surface area contributed by atoms with Crippen molar-refractivity contribution in [1.82, 2.24) is 18.9 Å². The second-order valence-corrected chi connectivity index (χ2v) is 9.69. The molecule has 1 aliphatic rings. The van der Waals surface area contributed by atoms with Gasteiger partial charge in [-0.2, -0.15) is 0 Å². The van der Waals surface area contributed by atoms with Crippen LogP contribution in [0.2, 0.25) is 0 Å². The number of nitrogens with one attached hydrogen (secondary N) is 1. The maximum absolute atomic E-state index is 13.3. The van der Waals surface area contributed by atoms with Crippen LogP contribution < -0.4 is 10.1 Å². The number of para-hydroxylation sites is 1. The molecule has 0 saturated heterocycles. The molecule has 35 heavy (non-hydrogen) atoms. The first-order chi connectivity index (χ1) is 17.1. The molecule has 2 aromatic carbocycles. The van der Waals surface area contributed by atoms with Crippen LogP contribution >= 0.6 is 11.3 Å². The second kappa shape index (κ2) is 8.70. The molecule has 4 heterocycles. The van der Waals surface area contributed by atoms with Crippen molar-refractivity contribution in [3.63, 3.8) is 0 Å². The Morgan fingerprint density at radius 3 is 2.63 bits per heavy atom. The van der Waals surface area contributed by atoms with Gasteiger partial charge in [0.25, 0.3) is 5.91 Å². The van der Waals surface area contributed by atoms with Crippen LogP contribution in [0.15, 0.2) is 60.9 Å². The van der Waals surface area contributed by atoms with Crippen molar-refractivity contribution in [2.24, 2.45) is 0 Å². The van der Waals surface area contributed by atoms with E-state index in [0.29, 0.717) is 4.88 Å². The third-order valence-electron chi connectivity index (χ3n) is 6.51. The third kappa shape index (κ3) is 3.89. The molecule has 6 rings (SSSR count). The zero-order valence-electron chi connectivity index (χ0n) is 19.6. The molecule has 0 radical (unpaired) electrons. The van der Waals surface area contributed by atoms with Crippen LogP contribution in [0.25, 0.3) is 27.5 Å². The van der Waals surface area contributed by atoms with Gasteiger partial charge in [0, 0.05) is 42.2 Å². The van der Waals surface area contributed by atoms with Gasteiger partial charge in [-0.15, -0.1) is 0 Å². The zero-order chi connectivity index (χ0) is 23.9. The predicted octanol–water partition coefficient (Wildman–Crippen LogP) is 5.83. The van der Waals surface area contributed by atoms with Crippen molar-refractivity contribution in [3.05, 3.63) is 77.3 Å². The fourth-order valence-electron chi connectivity index (χ4n) is 4.60. The van der Waals surface area contributed by atoms with Crippen LogP contribution in [0.1, 0.15) is 34.0 Å². The number of carbonyl (C=O) groups excluding carboxylic acids is 1. The number of ether oxygens (including phenoxy) is 1. The average molecular weight is 484 g/mol. The Hall–Kier alpha value is -3.91. The fraction of sp³-hybridized carbons (Fsp3) is 0.222. The van der Waals surface area contributed by atoms with Crippen molar-refractivity contribution < 1.29 is 9.53 Å². The Morgan fingerprint density at radius 2 is 1.86 bits per heavy atom. The van der Waals surface area contributed by atoms with E-state index in [1.54, 1.807) is 7.11 Å². The van der Waals surface area contributed by atoms with E-state index >= 15 is 0 Å². The first-order valence-electron chi connectivity index (χ1n) is 11.7. The lowest BCUT2D eigenvalue weighted by Crippen LogP contribution is -2.12. The highest BCUT2D eigenvalue weighted by Crippen LogP contribution is 2.32. The summed E-state index contributed by atoms with van der Waals surface area (Å²) in [5.41, 5.74) is 5.33. The Morgan fingerprint density at radius 1 is 1.03 bits per heavy atom. The number of amides is 1. The van der Waals surface area contributed by atoms with Crippen LogP contribution in [-0.2, 0) is 13.0 Å². The third-order valence-corrected chi connectivity index (χ3v) is 7.66. The molecule has 176 valence electrons. The average Bonchev–Trinajstić information content (AvgIpc) is 3.58. The number of carbonyl (C=O) groups is 1. The highest BCUT2D eigenvalue weighted by Gasteiger charge is 2.21. The van der Waals surface area contributed by atoms with Crippen molar-refractivity contribution in [3.8, 4) is 28.3 Å². The number of rotatable bonds is 5. The Bertz CT molecular complexity index is 1520. The zero-order valence-corrected chi connectivity index (χ0v) is 20.4. The molecule has 7 nitrogen and oxygen atoms in total. The number of nitrogens with zero attached hydrogens (tertiary/aromatic N) is 4. The molecule has 1 aliphatic heterocycles. The normalized spacial score (nSPS) is 13.1. The van der Waals surface area contributed by atoms with E-state index in [1.807, 2.05) is 66.1 Å². The molecular weight excluding hydrogens is 458 g/mol. The Kier molecular flexibility index (Phi) is 5.37. The number of aryl methyl sites for hydroxylation is 3. The first kappa shape index (κ1) is 21.6. The van der Waals surface area contributed by atoms with Crippen LogP contribution in [0, 0.1) is 6.92 Å². The number of benzene rings is 2. The molecule has 0 fully saturated rings. The van der Waals surface area contributed by atoms with E-state index in [9.17, 15) is 4.79 Å². The van der Waals surface area contributed by atoms with Crippen molar-refractivity contribution >= 4 is 27.9 Å². The van der Waals surface area contributed by atoms with E-state index in [1.165, 1.54) is 24.2 Å². The van der Waals surface area contributed by atoms with Crippen LogP contribution in [0.4, 0.5) is 5.69 Å². The predicted molar refractivity (Wildman–Crippen MR) is 138 cm³/mol. The van der Waals surface area contributed by atoms with Crippen molar-refractivity contribution in [2.45, 2.75) is 32.7 Å². The van der Waals surface area contributed by atoms with Crippen molar-refractivity contribution in [1.29, 1.82) is 0 Å². The minimum absolute atomic E-state index is 0.139. The number of anilines is 1. The molecule has 0 saturated carbocycles. The highest BCUT2D eigenvalue weighted by molar-refractivity contribution is 7.19. The van der Waals surface area contributed by atoms with Crippen LogP contribution in [-0.4, -0.2) is 32.0 Å². The molecule has 5 aromatic rings. The summed E-state index contributed by atoms with van der Waals surface area (Å²) < 4.78 is 9.46. The van der Waals surface area contributed by atoms with Gasteiger partial charge in [0.1, 0.15) is 16.5 Å². The van der Waals surface area contributed by atoms with Gasteiger partial charge in [0.15, 0.2) is 4.96 Å². The second-order valence-electron chi connectivity index (χ2n) is 8.72. The topological polar surface area (TPSA) is 73.5 Å². The molecule has 0 unspecified atom stereocenters. The summed E-state index contributed by atoms with van der Waals surface area (Å²) in [6.45, 7) is 2.96. The number of imidazole rings is 2. The first-order valence-corrected chi connectivity index (χ1v) is 12.5. The summed E-state index contributed by atoms with van der Waals surface area (Å²) in [6.07, 6.45) is 7.44. The van der Waals surface area contributed by atoms with Gasteiger partial charge >= 0.3 is 0 Å². The number of hydrogen-bond donors (Lipinski definition) is 1. The van der Waals surface area contributed by atoms with E-state index in [2.05, 4.69) is 16.1 Å². The van der Waals surface area contributed by atoms with E-state index in [4.69, 9.17) is 14.7 Å². The summed E-state index contributed by atoms with van der Waals surface area (Å²) in [6, 6.07) is 15.7. The van der Waals surface area contributed by atoms with Crippen LogP contribution in [0.5, 0.6) is 5.75 Å². The summed E-state index contributed by atoms with van der Waals surface area (Å²) in [4.78, 5) is 24.4. The highest BCUT2D eigenvalue weighted by atomic mass is 32.1. The van der Waals surface area contributed by atoms with Gasteiger partial charge in [0.2, 0.25) is 0 Å². The summed E-state index contributed by atoms with van der Waals surface area (Å²) in [5, 5.41) is 3.12. The number of hydrogen-bond acceptors (Lipinski definition) is 5. The number of aromatic nitrogens is 4. The lowest BCUT2D eigenvalue weighted by molar-refractivity contribution is 0.102. The smallest absolute Gasteiger partial charge is 0.267 e. The van der Waals surface area contributed by atoms with E-state index in [-0.39, 0.29) is 5.91 Å². The summed E-state index contributed by atoms with van der Waals surface area (Å²) >= 11 is 1.39.